The Morgan fingerprint density at radius 2 is 1.66 bits per heavy atom. The second-order valence-electron chi connectivity index (χ2n) is 6.87. The molecule has 1 amide bonds. The predicted molar refractivity (Wildman–Crippen MR) is 124 cm³/mol. The van der Waals surface area contributed by atoms with Crippen molar-refractivity contribution in [3.63, 3.8) is 0 Å². The highest BCUT2D eigenvalue weighted by atomic mass is 16.5. The number of methoxy groups -OCH3 is 2. The fourth-order valence-corrected chi connectivity index (χ4v) is 3.16. The number of aromatic nitrogens is 2. The summed E-state index contributed by atoms with van der Waals surface area (Å²) < 4.78 is 12.0. The van der Waals surface area contributed by atoms with E-state index in [1.165, 1.54) is 0 Å². The monoisotopic (exact) mass is 426 g/mol. The van der Waals surface area contributed by atoms with Gasteiger partial charge in [-0.25, -0.2) is 10.1 Å². The lowest BCUT2D eigenvalue weighted by Gasteiger charge is -2.06. The first-order valence-electron chi connectivity index (χ1n) is 9.95. The summed E-state index contributed by atoms with van der Waals surface area (Å²) in [6, 6.07) is 26.1. The topological polar surface area (TPSA) is 77.7 Å². The highest BCUT2D eigenvalue weighted by Gasteiger charge is 2.17. The van der Waals surface area contributed by atoms with Crippen molar-refractivity contribution < 1.29 is 14.3 Å². The van der Waals surface area contributed by atoms with E-state index in [1.54, 1.807) is 31.2 Å². The maximum absolute atomic E-state index is 13.0. The molecule has 7 nitrogen and oxygen atoms in total. The number of carbonyl (C=O) groups is 1. The fraction of sp³-hybridized carbons (Fsp3) is 0.0800. The lowest BCUT2D eigenvalue weighted by atomic mass is 10.1. The van der Waals surface area contributed by atoms with Crippen molar-refractivity contribution in [1.29, 1.82) is 0 Å². The lowest BCUT2D eigenvalue weighted by molar-refractivity contribution is 0.0947. The number of nitrogens with one attached hydrogen (secondary N) is 1. The van der Waals surface area contributed by atoms with Gasteiger partial charge in [0.25, 0.3) is 5.91 Å². The van der Waals surface area contributed by atoms with Crippen LogP contribution in [0.4, 0.5) is 0 Å². The first-order valence-corrected chi connectivity index (χ1v) is 9.95. The van der Waals surface area contributed by atoms with Crippen LogP contribution >= 0.6 is 0 Å². The quantitative estimate of drug-likeness (QED) is 0.353. The molecule has 0 saturated heterocycles. The lowest BCUT2D eigenvalue weighted by Crippen LogP contribution is -2.21. The first-order chi connectivity index (χ1) is 15.7. The largest absolute Gasteiger partial charge is 0.497 e. The summed E-state index contributed by atoms with van der Waals surface area (Å²) >= 11 is 0. The Morgan fingerprint density at radius 1 is 0.906 bits per heavy atom. The minimum atomic E-state index is -0.375. The highest BCUT2D eigenvalue weighted by molar-refractivity contribution is 5.95. The van der Waals surface area contributed by atoms with Crippen LogP contribution in [0.25, 0.3) is 16.9 Å². The smallest absolute Gasteiger partial charge is 0.290 e. The van der Waals surface area contributed by atoms with Crippen LogP contribution in [0.15, 0.2) is 90.0 Å². The number of ether oxygens (including phenoxy) is 2. The van der Waals surface area contributed by atoms with Crippen LogP contribution < -0.4 is 14.9 Å². The number of nitrogens with zero attached hydrogens (tertiary/aromatic N) is 3. The first kappa shape index (κ1) is 20.9. The number of rotatable bonds is 7. The number of hydrazone groups is 1. The standard InChI is InChI=1S/C25H22N4O3/c1-31-21-13-11-19(12-14-21)23-16-24(29(28-23)20-8-4-3-5-9-20)25(30)27-26-17-18-7-6-10-22(15-18)32-2/h3-17H,1-2H3,(H,27,30). The summed E-state index contributed by atoms with van der Waals surface area (Å²) in [6.45, 7) is 0. The molecule has 3 aromatic carbocycles. The Morgan fingerprint density at radius 3 is 2.38 bits per heavy atom. The molecule has 1 N–H and O–H groups in total. The van der Waals surface area contributed by atoms with Crippen LogP contribution in [0.5, 0.6) is 11.5 Å². The molecule has 1 aromatic heterocycles. The predicted octanol–water partition coefficient (Wildman–Crippen LogP) is 4.32. The van der Waals surface area contributed by atoms with Crippen LogP contribution in [-0.4, -0.2) is 36.1 Å². The van der Waals surface area contributed by atoms with Crippen LogP contribution in [0.3, 0.4) is 0 Å². The Balaban J connectivity index is 1.62. The number of carbonyl (C=O) groups excluding carboxylic acids is 1. The van der Waals surface area contributed by atoms with Crippen molar-refractivity contribution in [2.24, 2.45) is 5.10 Å². The van der Waals surface area contributed by atoms with Gasteiger partial charge in [-0.3, -0.25) is 4.79 Å². The average molecular weight is 426 g/mol. The van der Waals surface area contributed by atoms with Gasteiger partial charge in [0, 0.05) is 5.56 Å². The Bertz CT molecular complexity index is 1230. The highest BCUT2D eigenvalue weighted by Crippen LogP contribution is 2.24. The van der Waals surface area contributed by atoms with Gasteiger partial charge >= 0.3 is 0 Å². The van der Waals surface area contributed by atoms with Crippen molar-refractivity contribution >= 4 is 12.1 Å². The van der Waals surface area contributed by atoms with E-state index in [0.29, 0.717) is 17.1 Å². The maximum Gasteiger partial charge on any atom is 0.290 e. The van der Waals surface area contributed by atoms with E-state index in [4.69, 9.17) is 9.47 Å². The zero-order valence-electron chi connectivity index (χ0n) is 17.7. The SMILES string of the molecule is COc1ccc(-c2cc(C(=O)NN=Cc3cccc(OC)c3)n(-c3ccccc3)n2)cc1. The molecule has 0 spiro atoms. The van der Waals surface area contributed by atoms with E-state index >= 15 is 0 Å². The molecule has 0 aliphatic carbocycles. The molecule has 0 aliphatic heterocycles. The summed E-state index contributed by atoms with van der Waals surface area (Å²) in [4.78, 5) is 13.0. The van der Waals surface area contributed by atoms with E-state index in [2.05, 4.69) is 15.6 Å². The van der Waals surface area contributed by atoms with Crippen molar-refractivity contribution in [1.82, 2.24) is 15.2 Å². The van der Waals surface area contributed by atoms with E-state index in [0.717, 1.165) is 22.6 Å². The third-order valence-corrected chi connectivity index (χ3v) is 4.80. The minimum Gasteiger partial charge on any atom is -0.497 e. The molecule has 160 valence electrons. The van der Waals surface area contributed by atoms with E-state index in [1.807, 2.05) is 78.9 Å². The fourth-order valence-electron chi connectivity index (χ4n) is 3.16. The second kappa shape index (κ2) is 9.61. The molecule has 4 aromatic rings. The molecule has 0 radical (unpaired) electrons. The van der Waals surface area contributed by atoms with Gasteiger partial charge in [-0.15, -0.1) is 0 Å². The summed E-state index contributed by atoms with van der Waals surface area (Å²) in [5, 5.41) is 8.76. The number of hydrogen-bond acceptors (Lipinski definition) is 5. The number of hydrogen-bond donors (Lipinski definition) is 1. The number of para-hydroxylation sites is 1. The normalized spacial score (nSPS) is 10.8. The van der Waals surface area contributed by atoms with Gasteiger partial charge in [0.15, 0.2) is 0 Å². The molecule has 0 bridgehead atoms. The molecule has 0 unspecified atom stereocenters. The van der Waals surface area contributed by atoms with E-state index in [-0.39, 0.29) is 5.91 Å². The van der Waals surface area contributed by atoms with Crippen molar-refractivity contribution in [3.05, 3.63) is 96.2 Å². The Labute approximate surface area is 185 Å². The van der Waals surface area contributed by atoms with Gasteiger partial charge in [-0.2, -0.15) is 10.2 Å². The van der Waals surface area contributed by atoms with Crippen molar-refractivity contribution in [2.45, 2.75) is 0 Å². The summed E-state index contributed by atoms with van der Waals surface area (Å²) in [5.74, 6) is 1.09. The number of amides is 1. The third-order valence-electron chi connectivity index (χ3n) is 4.80. The molecule has 4 rings (SSSR count). The van der Waals surface area contributed by atoms with Crippen LogP contribution in [0, 0.1) is 0 Å². The van der Waals surface area contributed by atoms with Gasteiger partial charge in [0.2, 0.25) is 0 Å². The molecule has 7 heteroatoms. The molecular formula is C25H22N4O3. The molecule has 1 heterocycles. The van der Waals surface area contributed by atoms with Crippen LogP contribution in [0.2, 0.25) is 0 Å². The minimum absolute atomic E-state index is 0.366. The molecule has 0 atom stereocenters. The number of benzene rings is 3. The summed E-state index contributed by atoms with van der Waals surface area (Å²) in [5.41, 5.74) is 6.07. The molecule has 32 heavy (non-hydrogen) atoms. The van der Waals surface area contributed by atoms with Crippen molar-refractivity contribution in [2.75, 3.05) is 14.2 Å². The average Bonchev–Trinajstić information content (AvgIpc) is 3.30. The van der Waals surface area contributed by atoms with Gasteiger partial charge in [0.1, 0.15) is 17.2 Å². The summed E-state index contributed by atoms with van der Waals surface area (Å²) in [6.07, 6.45) is 1.56. The van der Waals surface area contributed by atoms with Crippen LogP contribution in [0.1, 0.15) is 16.1 Å². The van der Waals surface area contributed by atoms with Crippen LogP contribution in [-0.2, 0) is 0 Å². The maximum atomic E-state index is 13.0. The van der Waals surface area contributed by atoms with E-state index < -0.39 is 0 Å². The van der Waals surface area contributed by atoms with E-state index in [9.17, 15) is 4.79 Å². The molecular weight excluding hydrogens is 404 g/mol. The Hall–Kier alpha value is -4.39. The van der Waals surface area contributed by atoms with Gasteiger partial charge < -0.3 is 9.47 Å². The Kier molecular flexibility index (Phi) is 6.27. The van der Waals surface area contributed by atoms with Crippen molar-refractivity contribution in [3.8, 4) is 28.4 Å². The summed E-state index contributed by atoms with van der Waals surface area (Å²) in [7, 11) is 3.22. The molecule has 0 aliphatic rings. The zero-order chi connectivity index (χ0) is 22.3. The third kappa shape index (κ3) is 4.67. The van der Waals surface area contributed by atoms with Gasteiger partial charge in [-0.05, 0) is 60.2 Å². The second-order valence-corrected chi connectivity index (χ2v) is 6.87. The molecule has 0 saturated carbocycles. The zero-order valence-corrected chi connectivity index (χ0v) is 17.7. The van der Waals surface area contributed by atoms with Gasteiger partial charge in [0.05, 0.1) is 31.8 Å². The van der Waals surface area contributed by atoms with Gasteiger partial charge in [-0.1, -0.05) is 30.3 Å². The molecule has 0 fully saturated rings.